The minimum Gasteiger partial charge on any atom is -0.370 e. The summed E-state index contributed by atoms with van der Waals surface area (Å²) >= 11 is 1.21. The molecule has 1 fully saturated rings. The van der Waals surface area contributed by atoms with Crippen LogP contribution in [-0.2, 0) is 14.8 Å². The Balaban J connectivity index is 1.53. The first-order valence-corrected chi connectivity index (χ1v) is 12.0. The highest BCUT2D eigenvalue weighted by Crippen LogP contribution is 2.26. The van der Waals surface area contributed by atoms with Crippen molar-refractivity contribution >= 4 is 33.0 Å². The Morgan fingerprint density at radius 1 is 1.25 bits per heavy atom. The summed E-state index contributed by atoms with van der Waals surface area (Å²) in [5, 5.41) is 4.75. The highest BCUT2D eigenvalue weighted by atomic mass is 32.2. The fourth-order valence-electron chi connectivity index (χ4n) is 3.48. The monoisotopic (exact) mass is 421 g/mol. The summed E-state index contributed by atoms with van der Waals surface area (Å²) in [5.41, 5.74) is 1.13. The van der Waals surface area contributed by atoms with Crippen LogP contribution >= 0.6 is 11.3 Å². The van der Waals surface area contributed by atoms with E-state index in [9.17, 15) is 13.2 Å². The van der Waals surface area contributed by atoms with Gasteiger partial charge >= 0.3 is 0 Å². The number of carbonyl (C=O) groups is 1. The second-order valence-electron chi connectivity index (χ2n) is 6.84. The molecule has 1 aromatic heterocycles. The van der Waals surface area contributed by atoms with Crippen molar-refractivity contribution < 1.29 is 13.2 Å². The molecule has 1 aromatic carbocycles. The van der Waals surface area contributed by atoms with Crippen LogP contribution < -0.4 is 10.2 Å². The Hall–Kier alpha value is -1.90. The largest absolute Gasteiger partial charge is 0.370 e. The van der Waals surface area contributed by atoms with Crippen molar-refractivity contribution in [2.45, 2.75) is 24.0 Å². The van der Waals surface area contributed by atoms with Crippen LogP contribution in [0.15, 0.2) is 52.1 Å². The summed E-state index contributed by atoms with van der Waals surface area (Å²) in [4.78, 5) is 14.8. The maximum absolute atomic E-state index is 12.7. The molecular weight excluding hydrogens is 394 g/mol. The highest BCUT2D eigenvalue weighted by Gasteiger charge is 2.33. The topological polar surface area (TPSA) is 69.7 Å². The van der Waals surface area contributed by atoms with Gasteiger partial charge in [0.1, 0.15) is 4.21 Å². The SMILES string of the molecule is CCN(CCNC(=O)C1CCCN(S(=O)(=O)c2cccs2)C1)c1ccccc1. The molecule has 3 rings (SSSR count). The molecule has 0 bridgehead atoms. The molecule has 0 spiro atoms. The lowest BCUT2D eigenvalue weighted by Gasteiger charge is -2.31. The van der Waals surface area contributed by atoms with Gasteiger partial charge in [-0.3, -0.25) is 4.79 Å². The number of nitrogens with zero attached hydrogens (tertiary/aromatic N) is 2. The van der Waals surface area contributed by atoms with Gasteiger partial charge in [0.05, 0.1) is 5.92 Å². The lowest BCUT2D eigenvalue weighted by Crippen LogP contribution is -2.46. The van der Waals surface area contributed by atoms with Gasteiger partial charge in [-0.2, -0.15) is 4.31 Å². The fourth-order valence-corrected chi connectivity index (χ4v) is 6.15. The lowest BCUT2D eigenvalue weighted by atomic mass is 9.99. The second kappa shape index (κ2) is 9.54. The van der Waals surface area contributed by atoms with Crippen molar-refractivity contribution in [2.24, 2.45) is 5.92 Å². The van der Waals surface area contributed by atoms with Crippen LogP contribution in [-0.4, -0.2) is 51.4 Å². The smallest absolute Gasteiger partial charge is 0.252 e. The lowest BCUT2D eigenvalue weighted by molar-refractivity contribution is -0.126. The number of carbonyl (C=O) groups excluding carboxylic acids is 1. The van der Waals surface area contributed by atoms with Gasteiger partial charge in [0.2, 0.25) is 5.91 Å². The minimum absolute atomic E-state index is 0.0600. The Kier molecular flexibility index (Phi) is 7.09. The zero-order valence-corrected chi connectivity index (χ0v) is 17.7. The van der Waals surface area contributed by atoms with E-state index in [4.69, 9.17) is 0 Å². The molecule has 0 saturated carbocycles. The molecule has 28 heavy (non-hydrogen) atoms. The van der Waals surface area contributed by atoms with E-state index in [-0.39, 0.29) is 18.4 Å². The average molecular weight is 422 g/mol. The van der Waals surface area contributed by atoms with E-state index in [1.807, 2.05) is 18.2 Å². The Labute approximate surface area is 171 Å². The number of para-hydroxylation sites is 1. The standard InChI is InChI=1S/C20H27N3O3S2/c1-2-22(18-9-4-3-5-10-18)14-12-21-20(24)17-8-6-13-23(16-17)28(25,26)19-11-7-15-27-19/h3-5,7,9-11,15,17H,2,6,8,12-14,16H2,1H3,(H,21,24). The van der Waals surface area contributed by atoms with E-state index in [0.29, 0.717) is 23.7 Å². The minimum atomic E-state index is -3.50. The quantitative estimate of drug-likeness (QED) is 0.712. The van der Waals surface area contributed by atoms with Crippen LogP contribution in [0.2, 0.25) is 0 Å². The number of nitrogens with one attached hydrogen (secondary N) is 1. The van der Waals surface area contributed by atoms with E-state index in [1.165, 1.54) is 15.6 Å². The number of hydrogen-bond acceptors (Lipinski definition) is 5. The number of benzene rings is 1. The molecule has 152 valence electrons. The summed E-state index contributed by atoms with van der Waals surface area (Å²) < 4.78 is 27.2. The van der Waals surface area contributed by atoms with Crippen LogP contribution in [0.3, 0.4) is 0 Å². The van der Waals surface area contributed by atoms with Crippen molar-refractivity contribution in [1.82, 2.24) is 9.62 Å². The van der Waals surface area contributed by atoms with Gasteiger partial charge in [-0.25, -0.2) is 8.42 Å². The van der Waals surface area contributed by atoms with Crippen molar-refractivity contribution in [3.8, 4) is 0 Å². The van der Waals surface area contributed by atoms with Crippen LogP contribution in [0.4, 0.5) is 5.69 Å². The van der Waals surface area contributed by atoms with Gasteiger partial charge in [0.25, 0.3) is 10.0 Å². The molecule has 1 unspecified atom stereocenters. The van der Waals surface area contributed by atoms with Crippen molar-refractivity contribution in [3.05, 3.63) is 47.8 Å². The number of thiophene rings is 1. The Morgan fingerprint density at radius 3 is 2.71 bits per heavy atom. The zero-order chi connectivity index (χ0) is 20.0. The van der Waals surface area contributed by atoms with Gasteiger partial charge < -0.3 is 10.2 Å². The molecule has 1 aliphatic rings. The third-order valence-electron chi connectivity index (χ3n) is 5.03. The van der Waals surface area contributed by atoms with Gasteiger partial charge in [-0.1, -0.05) is 24.3 Å². The van der Waals surface area contributed by atoms with Gasteiger partial charge in [-0.15, -0.1) is 11.3 Å². The van der Waals surface area contributed by atoms with Crippen molar-refractivity contribution in [2.75, 3.05) is 37.6 Å². The molecule has 6 nitrogen and oxygen atoms in total. The van der Waals surface area contributed by atoms with Gasteiger partial charge in [0.15, 0.2) is 0 Å². The molecule has 1 N–H and O–H groups in total. The van der Waals surface area contributed by atoms with E-state index >= 15 is 0 Å². The molecule has 2 heterocycles. The summed E-state index contributed by atoms with van der Waals surface area (Å²) in [7, 11) is -3.50. The Bertz CT molecular complexity index is 854. The summed E-state index contributed by atoms with van der Waals surface area (Å²) in [5.74, 6) is -0.356. The molecule has 0 aliphatic carbocycles. The molecule has 0 radical (unpaired) electrons. The van der Waals surface area contributed by atoms with E-state index < -0.39 is 10.0 Å². The number of amides is 1. The molecule has 1 amide bonds. The predicted molar refractivity (Wildman–Crippen MR) is 113 cm³/mol. The van der Waals surface area contributed by atoms with Crippen LogP contribution in [0.25, 0.3) is 0 Å². The molecule has 2 aromatic rings. The molecule has 8 heteroatoms. The van der Waals surface area contributed by atoms with Crippen LogP contribution in [0, 0.1) is 5.92 Å². The van der Waals surface area contributed by atoms with Crippen molar-refractivity contribution in [1.29, 1.82) is 0 Å². The number of likely N-dealkylation sites (N-methyl/N-ethyl adjacent to an activating group) is 1. The molecule has 1 aliphatic heterocycles. The first-order valence-electron chi connectivity index (χ1n) is 9.63. The predicted octanol–water partition coefficient (Wildman–Crippen LogP) is 2.79. The van der Waals surface area contributed by atoms with E-state index in [2.05, 4.69) is 29.3 Å². The summed E-state index contributed by atoms with van der Waals surface area (Å²) in [6.45, 7) is 4.93. The van der Waals surface area contributed by atoms with Crippen molar-refractivity contribution in [3.63, 3.8) is 0 Å². The number of anilines is 1. The zero-order valence-electron chi connectivity index (χ0n) is 16.1. The first kappa shape index (κ1) is 20.8. The fraction of sp³-hybridized carbons (Fsp3) is 0.450. The van der Waals surface area contributed by atoms with Gasteiger partial charge in [-0.05, 0) is 43.3 Å². The highest BCUT2D eigenvalue weighted by molar-refractivity contribution is 7.91. The number of rotatable bonds is 8. The molecule has 1 saturated heterocycles. The van der Waals surface area contributed by atoms with E-state index in [1.54, 1.807) is 17.5 Å². The van der Waals surface area contributed by atoms with Crippen LogP contribution in [0.5, 0.6) is 0 Å². The van der Waals surface area contributed by atoms with E-state index in [0.717, 1.165) is 25.2 Å². The summed E-state index contributed by atoms with van der Waals surface area (Å²) in [6, 6.07) is 13.4. The van der Waals surface area contributed by atoms with Crippen LogP contribution in [0.1, 0.15) is 19.8 Å². The number of piperidine rings is 1. The Morgan fingerprint density at radius 2 is 2.04 bits per heavy atom. The number of hydrogen-bond donors (Lipinski definition) is 1. The maximum Gasteiger partial charge on any atom is 0.252 e. The summed E-state index contributed by atoms with van der Waals surface area (Å²) in [6.07, 6.45) is 1.42. The maximum atomic E-state index is 12.7. The molecule has 1 atom stereocenters. The first-order chi connectivity index (χ1) is 13.5. The second-order valence-corrected chi connectivity index (χ2v) is 9.95. The third-order valence-corrected chi connectivity index (χ3v) is 8.27. The molecular formula is C20H27N3O3S2. The third kappa shape index (κ3) is 4.92. The van der Waals surface area contributed by atoms with Gasteiger partial charge in [0, 0.05) is 38.4 Å². The average Bonchev–Trinajstić information content (AvgIpc) is 3.28. The number of sulfonamides is 1. The normalized spacial score (nSPS) is 18.0.